The lowest BCUT2D eigenvalue weighted by Gasteiger charge is -2.44. The summed E-state index contributed by atoms with van der Waals surface area (Å²) >= 11 is 0. The summed E-state index contributed by atoms with van der Waals surface area (Å²) < 4.78 is 0. The third-order valence-electron chi connectivity index (χ3n) is 3.54. The Morgan fingerprint density at radius 2 is 1.93 bits per heavy atom. The molecular formula is C12H25N3. The van der Waals surface area contributed by atoms with Crippen LogP contribution in [0.1, 0.15) is 39.5 Å². The second kappa shape index (κ2) is 6.84. The van der Waals surface area contributed by atoms with Gasteiger partial charge in [-0.3, -0.25) is 11.3 Å². The molecular weight excluding hydrogens is 186 g/mol. The number of hydrazine groups is 1. The lowest BCUT2D eigenvalue weighted by Crippen LogP contribution is -2.60. The Balaban J connectivity index is 4.76. The monoisotopic (exact) mass is 211 g/mol. The molecule has 0 aromatic rings. The van der Waals surface area contributed by atoms with Crippen LogP contribution >= 0.6 is 0 Å². The van der Waals surface area contributed by atoms with Crippen LogP contribution in [0.5, 0.6) is 0 Å². The second-order valence-electron chi connectivity index (χ2n) is 4.17. The summed E-state index contributed by atoms with van der Waals surface area (Å²) in [6.45, 7) is 4.40. The molecule has 0 amide bonds. The molecule has 0 saturated carbocycles. The third kappa shape index (κ3) is 3.20. The first-order chi connectivity index (χ1) is 7.08. The van der Waals surface area contributed by atoms with Crippen LogP contribution in [0.25, 0.3) is 0 Å². The minimum atomic E-state index is 0.103. The summed E-state index contributed by atoms with van der Waals surface area (Å²) in [5.41, 5.74) is 3.03. The van der Waals surface area contributed by atoms with E-state index in [2.05, 4.69) is 44.2 Å². The van der Waals surface area contributed by atoms with Crippen molar-refractivity contribution >= 4 is 0 Å². The number of hydrogen-bond donors (Lipinski definition) is 2. The van der Waals surface area contributed by atoms with E-state index in [1.54, 1.807) is 0 Å². The molecule has 0 bridgehead atoms. The standard InChI is InChI=1S/C12H25N3/c1-6-9-10-11(14-13)12(7-2,8-3)15(4)5/h1,11,14H,7-10,13H2,2-5H3. The SMILES string of the molecule is C#CCCC(NN)C(CC)(CC)N(C)C. The van der Waals surface area contributed by atoms with Crippen molar-refractivity contribution in [3.8, 4) is 12.3 Å². The number of nitrogens with two attached hydrogens (primary N) is 1. The van der Waals surface area contributed by atoms with Crippen LogP contribution in [0.3, 0.4) is 0 Å². The predicted octanol–water partition coefficient (Wildman–Crippen LogP) is 1.35. The summed E-state index contributed by atoms with van der Waals surface area (Å²) in [4.78, 5) is 2.26. The molecule has 3 nitrogen and oxygen atoms in total. The average Bonchev–Trinajstić information content (AvgIpc) is 2.24. The zero-order chi connectivity index (χ0) is 11.9. The van der Waals surface area contributed by atoms with Gasteiger partial charge in [0, 0.05) is 18.0 Å². The van der Waals surface area contributed by atoms with Crippen molar-refractivity contribution in [3.63, 3.8) is 0 Å². The molecule has 0 aliphatic rings. The summed E-state index contributed by atoms with van der Waals surface area (Å²) in [6.07, 6.45) is 9.12. The van der Waals surface area contributed by atoms with Crippen molar-refractivity contribution in [2.45, 2.75) is 51.1 Å². The van der Waals surface area contributed by atoms with Crippen molar-refractivity contribution in [1.82, 2.24) is 10.3 Å². The molecule has 0 aliphatic carbocycles. The van der Waals surface area contributed by atoms with E-state index >= 15 is 0 Å². The van der Waals surface area contributed by atoms with Crippen molar-refractivity contribution in [2.24, 2.45) is 5.84 Å². The molecule has 0 heterocycles. The van der Waals surface area contributed by atoms with Crippen LogP contribution in [-0.4, -0.2) is 30.6 Å². The fourth-order valence-electron chi connectivity index (χ4n) is 2.42. The topological polar surface area (TPSA) is 41.3 Å². The minimum Gasteiger partial charge on any atom is -0.302 e. The van der Waals surface area contributed by atoms with E-state index in [0.717, 1.165) is 25.7 Å². The molecule has 15 heavy (non-hydrogen) atoms. The van der Waals surface area contributed by atoms with Crippen LogP contribution in [-0.2, 0) is 0 Å². The van der Waals surface area contributed by atoms with E-state index in [9.17, 15) is 0 Å². The molecule has 0 rings (SSSR count). The van der Waals surface area contributed by atoms with Crippen molar-refractivity contribution < 1.29 is 0 Å². The third-order valence-corrected chi connectivity index (χ3v) is 3.54. The highest BCUT2D eigenvalue weighted by molar-refractivity contribution is 4.98. The Kier molecular flexibility index (Phi) is 6.58. The Morgan fingerprint density at radius 3 is 2.20 bits per heavy atom. The maximum absolute atomic E-state index is 5.64. The Bertz CT molecular complexity index is 201. The Morgan fingerprint density at radius 1 is 1.40 bits per heavy atom. The molecule has 0 fully saturated rings. The minimum absolute atomic E-state index is 0.103. The summed E-state index contributed by atoms with van der Waals surface area (Å²) in [6, 6.07) is 0.249. The van der Waals surface area contributed by atoms with Gasteiger partial charge in [-0.1, -0.05) is 13.8 Å². The van der Waals surface area contributed by atoms with Crippen molar-refractivity contribution in [1.29, 1.82) is 0 Å². The molecule has 0 radical (unpaired) electrons. The number of likely N-dealkylation sites (N-methyl/N-ethyl adjacent to an activating group) is 1. The highest BCUT2D eigenvalue weighted by Gasteiger charge is 2.36. The fourth-order valence-corrected chi connectivity index (χ4v) is 2.42. The summed E-state index contributed by atoms with van der Waals surface area (Å²) in [5, 5.41) is 0. The van der Waals surface area contributed by atoms with Gasteiger partial charge in [-0.15, -0.1) is 12.3 Å². The van der Waals surface area contributed by atoms with Gasteiger partial charge in [-0.2, -0.15) is 0 Å². The van der Waals surface area contributed by atoms with Gasteiger partial charge >= 0.3 is 0 Å². The maximum atomic E-state index is 5.64. The quantitative estimate of drug-likeness (QED) is 0.379. The molecule has 0 saturated heterocycles. The van der Waals surface area contributed by atoms with E-state index < -0.39 is 0 Å². The van der Waals surface area contributed by atoms with E-state index in [1.807, 2.05) is 0 Å². The smallest absolute Gasteiger partial charge is 0.0403 e. The first-order valence-electron chi connectivity index (χ1n) is 5.66. The first kappa shape index (κ1) is 14.4. The van der Waals surface area contributed by atoms with Gasteiger partial charge in [-0.25, -0.2) is 0 Å². The van der Waals surface area contributed by atoms with Gasteiger partial charge < -0.3 is 4.90 Å². The molecule has 0 aromatic heterocycles. The molecule has 1 atom stereocenters. The van der Waals surface area contributed by atoms with Crippen LogP contribution in [0.4, 0.5) is 0 Å². The summed E-state index contributed by atoms with van der Waals surface area (Å²) in [5.74, 6) is 8.32. The summed E-state index contributed by atoms with van der Waals surface area (Å²) in [7, 11) is 4.21. The van der Waals surface area contributed by atoms with Gasteiger partial charge in [0.1, 0.15) is 0 Å². The van der Waals surface area contributed by atoms with Crippen molar-refractivity contribution in [2.75, 3.05) is 14.1 Å². The number of nitrogens with one attached hydrogen (secondary N) is 1. The number of terminal acetylenes is 1. The maximum Gasteiger partial charge on any atom is 0.0403 e. The molecule has 3 heteroatoms. The number of hydrogen-bond acceptors (Lipinski definition) is 3. The lowest BCUT2D eigenvalue weighted by atomic mass is 9.81. The Labute approximate surface area is 94.4 Å². The number of nitrogens with zero attached hydrogens (tertiary/aromatic N) is 1. The van der Waals surface area contributed by atoms with Crippen LogP contribution in [0, 0.1) is 12.3 Å². The van der Waals surface area contributed by atoms with Crippen LogP contribution in [0.2, 0.25) is 0 Å². The lowest BCUT2D eigenvalue weighted by molar-refractivity contribution is 0.0848. The van der Waals surface area contributed by atoms with Crippen molar-refractivity contribution in [3.05, 3.63) is 0 Å². The predicted molar refractivity (Wildman–Crippen MR) is 66.2 cm³/mol. The normalized spacial score (nSPS) is 13.9. The molecule has 0 spiro atoms. The van der Waals surface area contributed by atoms with E-state index in [1.165, 1.54) is 0 Å². The molecule has 88 valence electrons. The fraction of sp³-hybridized carbons (Fsp3) is 0.833. The van der Waals surface area contributed by atoms with E-state index in [-0.39, 0.29) is 11.6 Å². The van der Waals surface area contributed by atoms with Gasteiger partial charge in [0.2, 0.25) is 0 Å². The number of rotatable bonds is 7. The van der Waals surface area contributed by atoms with Gasteiger partial charge in [-0.05, 0) is 33.4 Å². The Hall–Kier alpha value is -0.560. The first-order valence-corrected chi connectivity index (χ1v) is 5.66. The van der Waals surface area contributed by atoms with Gasteiger partial charge in [0.25, 0.3) is 0 Å². The zero-order valence-electron chi connectivity index (χ0n) is 10.5. The average molecular weight is 211 g/mol. The second-order valence-corrected chi connectivity index (χ2v) is 4.17. The van der Waals surface area contributed by atoms with Gasteiger partial charge in [0.05, 0.1) is 0 Å². The zero-order valence-corrected chi connectivity index (χ0v) is 10.5. The molecule has 3 N–H and O–H groups in total. The van der Waals surface area contributed by atoms with Crippen LogP contribution in [0.15, 0.2) is 0 Å². The highest BCUT2D eigenvalue weighted by Crippen LogP contribution is 2.27. The van der Waals surface area contributed by atoms with Gasteiger partial charge in [0.15, 0.2) is 0 Å². The largest absolute Gasteiger partial charge is 0.302 e. The molecule has 0 aliphatic heterocycles. The molecule has 0 aromatic carbocycles. The highest BCUT2D eigenvalue weighted by atomic mass is 15.3. The molecule has 1 unspecified atom stereocenters. The van der Waals surface area contributed by atoms with E-state index in [0.29, 0.717) is 0 Å². The van der Waals surface area contributed by atoms with E-state index in [4.69, 9.17) is 12.3 Å². The van der Waals surface area contributed by atoms with Crippen LogP contribution < -0.4 is 11.3 Å².